The van der Waals surface area contributed by atoms with E-state index in [0.717, 1.165) is 46.3 Å². The molecule has 0 saturated carbocycles. The molecule has 31 heavy (non-hydrogen) atoms. The summed E-state index contributed by atoms with van der Waals surface area (Å²) in [5.41, 5.74) is 2.46. The molecule has 6 rings (SSSR count). The van der Waals surface area contributed by atoms with Gasteiger partial charge in [0.25, 0.3) is 0 Å². The fourth-order valence-electron chi connectivity index (χ4n) is 4.94. The molecule has 4 aromatic rings. The molecule has 2 bridgehead atoms. The molecule has 2 aliphatic rings. The van der Waals surface area contributed by atoms with Gasteiger partial charge < -0.3 is 15.0 Å². The molecule has 2 aromatic carbocycles. The largest absolute Gasteiger partial charge is 0.467 e. The van der Waals surface area contributed by atoms with Crippen molar-refractivity contribution in [2.45, 2.75) is 24.9 Å². The van der Waals surface area contributed by atoms with E-state index in [2.05, 4.69) is 39.5 Å². The molecule has 2 atom stereocenters. The van der Waals surface area contributed by atoms with Gasteiger partial charge in [-0.25, -0.2) is 4.98 Å². The number of rotatable bonds is 3. The number of piperazine rings is 1. The van der Waals surface area contributed by atoms with Gasteiger partial charge in [-0.1, -0.05) is 41.9 Å². The Morgan fingerprint density at radius 1 is 0.968 bits per heavy atom. The minimum absolute atomic E-state index is 0.342. The van der Waals surface area contributed by atoms with E-state index in [1.165, 1.54) is 12.8 Å². The lowest BCUT2D eigenvalue weighted by atomic mass is 10.0. The fraction of sp³-hybridized carbons (Fsp3) is 0.292. The van der Waals surface area contributed by atoms with Crippen LogP contribution in [0.3, 0.4) is 0 Å². The average Bonchev–Trinajstić information content (AvgIpc) is 3.15. The van der Waals surface area contributed by atoms with Crippen molar-refractivity contribution in [1.82, 2.24) is 20.3 Å². The van der Waals surface area contributed by atoms with E-state index >= 15 is 0 Å². The van der Waals surface area contributed by atoms with Crippen LogP contribution >= 0.6 is 11.6 Å². The number of fused-ring (bicyclic) bond motifs is 4. The summed E-state index contributed by atoms with van der Waals surface area (Å²) in [4.78, 5) is 16.6. The third-order valence-electron chi connectivity index (χ3n) is 6.35. The first-order valence-electron chi connectivity index (χ1n) is 10.6. The molecule has 2 saturated heterocycles. The summed E-state index contributed by atoms with van der Waals surface area (Å²) in [6.45, 7) is 1.87. The number of nitrogens with zero attached hydrogens (tertiary/aromatic N) is 4. The van der Waals surface area contributed by atoms with Crippen molar-refractivity contribution in [2.24, 2.45) is 0 Å². The Bertz CT molecular complexity index is 1290. The highest BCUT2D eigenvalue weighted by Gasteiger charge is 2.33. The second-order valence-corrected chi connectivity index (χ2v) is 8.70. The molecular weight excluding hydrogens is 410 g/mol. The summed E-state index contributed by atoms with van der Waals surface area (Å²) in [5.74, 6) is 0.898. The normalized spacial score (nSPS) is 20.5. The number of aromatic nitrogens is 3. The van der Waals surface area contributed by atoms with E-state index in [1.807, 2.05) is 24.3 Å². The van der Waals surface area contributed by atoms with Crippen LogP contribution in [-0.2, 0) is 0 Å². The van der Waals surface area contributed by atoms with Crippen LogP contribution in [0.25, 0.3) is 33.1 Å². The molecule has 2 unspecified atom stereocenters. The smallest absolute Gasteiger partial charge is 0.320 e. The van der Waals surface area contributed by atoms with Crippen LogP contribution in [-0.4, -0.2) is 47.2 Å². The van der Waals surface area contributed by atoms with Crippen molar-refractivity contribution in [3.63, 3.8) is 0 Å². The second-order valence-electron chi connectivity index (χ2n) is 8.29. The highest BCUT2D eigenvalue weighted by Crippen LogP contribution is 2.35. The Labute approximate surface area is 185 Å². The van der Waals surface area contributed by atoms with Gasteiger partial charge in [0.15, 0.2) is 5.65 Å². The third-order valence-corrected chi connectivity index (χ3v) is 6.66. The number of anilines is 1. The van der Waals surface area contributed by atoms with Gasteiger partial charge in [-0.05, 0) is 36.4 Å². The predicted octanol–water partition coefficient (Wildman–Crippen LogP) is 4.45. The summed E-state index contributed by atoms with van der Waals surface area (Å²) < 4.78 is 5.43. The van der Waals surface area contributed by atoms with E-state index in [-0.39, 0.29) is 0 Å². The van der Waals surface area contributed by atoms with E-state index in [1.54, 1.807) is 7.11 Å². The maximum atomic E-state index is 6.55. The van der Waals surface area contributed by atoms with Gasteiger partial charge in [-0.2, -0.15) is 9.97 Å². The quantitative estimate of drug-likeness (QED) is 0.517. The van der Waals surface area contributed by atoms with Crippen LogP contribution in [0.4, 0.5) is 5.82 Å². The molecule has 2 aromatic heterocycles. The van der Waals surface area contributed by atoms with Crippen LogP contribution in [0.5, 0.6) is 6.01 Å². The van der Waals surface area contributed by atoms with Crippen molar-refractivity contribution in [1.29, 1.82) is 0 Å². The number of ether oxygens (including phenoxy) is 1. The third kappa shape index (κ3) is 3.18. The van der Waals surface area contributed by atoms with E-state index < -0.39 is 0 Å². The Kier molecular flexibility index (Phi) is 4.44. The zero-order chi connectivity index (χ0) is 20.9. The van der Waals surface area contributed by atoms with Crippen molar-refractivity contribution in [2.75, 3.05) is 25.1 Å². The molecule has 0 radical (unpaired) electrons. The molecule has 156 valence electrons. The first kappa shape index (κ1) is 18.8. The number of halogens is 1. The van der Waals surface area contributed by atoms with Crippen molar-refractivity contribution in [3.8, 4) is 17.3 Å². The van der Waals surface area contributed by atoms with Gasteiger partial charge in [-0.15, -0.1) is 0 Å². The molecule has 0 amide bonds. The van der Waals surface area contributed by atoms with Gasteiger partial charge in [0.05, 0.1) is 18.2 Å². The number of nitrogens with one attached hydrogen (secondary N) is 1. The van der Waals surface area contributed by atoms with E-state index in [0.29, 0.717) is 28.8 Å². The van der Waals surface area contributed by atoms with Crippen molar-refractivity contribution >= 4 is 39.2 Å². The lowest BCUT2D eigenvalue weighted by Crippen LogP contribution is -2.51. The van der Waals surface area contributed by atoms with Gasteiger partial charge in [0.1, 0.15) is 5.82 Å². The second kappa shape index (κ2) is 7.32. The van der Waals surface area contributed by atoms with Crippen LogP contribution in [0.1, 0.15) is 12.8 Å². The molecule has 2 aliphatic heterocycles. The predicted molar refractivity (Wildman–Crippen MR) is 124 cm³/mol. The molecule has 0 spiro atoms. The minimum Gasteiger partial charge on any atom is -0.467 e. The van der Waals surface area contributed by atoms with Crippen molar-refractivity contribution in [3.05, 3.63) is 53.6 Å². The van der Waals surface area contributed by atoms with E-state index in [9.17, 15) is 0 Å². The number of hydrogen-bond donors (Lipinski definition) is 1. The van der Waals surface area contributed by atoms with Crippen LogP contribution in [0, 0.1) is 0 Å². The standard InChI is InChI=1S/C24H22ClN5O/c1-31-24-28-22-18(23(29-24)30-12-15-8-9-16(13-30)26-15)10-11-20(27-22)17-6-2-4-14-5-3-7-19(25)21(14)17/h2-7,10-11,15-16,26H,8-9,12-13H2,1H3. The molecule has 2 fully saturated rings. The molecule has 6 nitrogen and oxygen atoms in total. The number of hydrogen-bond acceptors (Lipinski definition) is 6. The van der Waals surface area contributed by atoms with Crippen molar-refractivity contribution < 1.29 is 4.74 Å². The minimum atomic E-state index is 0.342. The lowest BCUT2D eigenvalue weighted by molar-refractivity contribution is 0.380. The molecule has 1 N–H and O–H groups in total. The zero-order valence-electron chi connectivity index (χ0n) is 17.2. The highest BCUT2D eigenvalue weighted by atomic mass is 35.5. The van der Waals surface area contributed by atoms with Crippen LogP contribution in [0.15, 0.2) is 48.5 Å². The highest BCUT2D eigenvalue weighted by molar-refractivity contribution is 6.36. The van der Waals surface area contributed by atoms with Crippen LogP contribution < -0.4 is 15.0 Å². The Morgan fingerprint density at radius 2 is 1.74 bits per heavy atom. The topological polar surface area (TPSA) is 63.2 Å². The Hall–Kier alpha value is -2.96. The zero-order valence-corrected chi connectivity index (χ0v) is 17.9. The summed E-state index contributed by atoms with van der Waals surface area (Å²) in [6, 6.07) is 17.6. The summed E-state index contributed by atoms with van der Waals surface area (Å²) in [6.07, 6.45) is 2.43. The maximum absolute atomic E-state index is 6.55. The first-order valence-corrected chi connectivity index (χ1v) is 11.0. The average molecular weight is 432 g/mol. The molecule has 4 heterocycles. The molecule has 0 aliphatic carbocycles. The lowest BCUT2D eigenvalue weighted by Gasteiger charge is -2.34. The summed E-state index contributed by atoms with van der Waals surface area (Å²) in [7, 11) is 1.60. The number of benzene rings is 2. The fourth-order valence-corrected chi connectivity index (χ4v) is 5.22. The Balaban J connectivity index is 1.51. The summed E-state index contributed by atoms with van der Waals surface area (Å²) >= 11 is 6.55. The molecular formula is C24H22ClN5O. The maximum Gasteiger partial charge on any atom is 0.320 e. The van der Waals surface area contributed by atoms with Gasteiger partial charge in [-0.3, -0.25) is 0 Å². The summed E-state index contributed by atoms with van der Waals surface area (Å²) in [5, 5.41) is 7.42. The van der Waals surface area contributed by atoms with Gasteiger partial charge in [0.2, 0.25) is 0 Å². The van der Waals surface area contributed by atoms with E-state index in [4.69, 9.17) is 26.3 Å². The first-order chi connectivity index (χ1) is 15.2. The Morgan fingerprint density at radius 3 is 2.52 bits per heavy atom. The molecule has 7 heteroatoms. The number of pyridine rings is 1. The van der Waals surface area contributed by atoms with Gasteiger partial charge >= 0.3 is 6.01 Å². The SMILES string of the molecule is COc1nc(N2CC3CCC(C2)N3)c2ccc(-c3cccc4cccc(Cl)c34)nc2n1. The monoisotopic (exact) mass is 431 g/mol. The van der Waals surface area contributed by atoms with Crippen LogP contribution in [0.2, 0.25) is 5.02 Å². The number of methoxy groups -OCH3 is 1. The van der Waals surface area contributed by atoms with Gasteiger partial charge in [0, 0.05) is 41.1 Å².